The molecule has 0 amide bonds. The van der Waals surface area contributed by atoms with Gasteiger partial charge in [-0.25, -0.2) is 4.79 Å². The Kier molecular flexibility index (Phi) is 3.11. The van der Waals surface area contributed by atoms with E-state index in [9.17, 15) is 9.59 Å². The molecule has 0 aliphatic rings. The maximum absolute atomic E-state index is 11.6. The molecule has 0 unspecified atom stereocenters. The molecule has 1 N–H and O–H groups in total. The largest absolute Gasteiger partial charge is 0.481 e. The van der Waals surface area contributed by atoms with Crippen LogP contribution in [-0.2, 0) is 11.3 Å². The van der Waals surface area contributed by atoms with Gasteiger partial charge in [-0.2, -0.15) is 0 Å². The van der Waals surface area contributed by atoms with E-state index in [0.717, 1.165) is 0 Å². The summed E-state index contributed by atoms with van der Waals surface area (Å²) in [6, 6.07) is 0.105. The molecule has 0 spiro atoms. The van der Waals surface area contributed by atoms with E-state index in [1.54, 1.807) is 17.0 Å². The molecule has 0 fully saturated rings. The molecule has 0 aliphatic heterocycles. The van der Waals surface area contributed by atoms with Crippen molar-refractivity contribution < 1.29 is 9.90 Å². The van der Waals surface area contributed by atoms with Gasteiger partial charge >= 0.3 is 11.7 Å². The van der Waals surface area contributed by atoms with Crippen molar-refractivity contribution in [3.8, 4) is 0 Å². The zero-order valence-electron chi connectivity index (χ0n) is 8.30. The van der Waals surface area contributed by atoms with E-state index in [4.69, 9.17) is 5.11 Å². The van der Waals surface area contributed by atoms with Crippen LogP contribution >= 0.6 is 0 Å². The normalized spacial score (nSPS) is 10.8. The summed E-state index contributed by atoms with van der Waals surface area (Å²) < 4.78 is 2.98. The Labute approximate surface area is 81.6 Å². The Bertz CT molecular complexity index is 376. The predicted octanol–water partition coefficient (Wildman–Crippen LogP) is 0.705. The summed E-state index contributed by atoms with van der Waals surface area (Å²) in [4.78, 5) is 21.9. The van der Waals surface area contributed by atoms with Crippen LogP contribution in [0.4, 0.5) is 0 Å². The predicted molar refractivity (Wildman–Crippen MR) is 51.3 cm³/mol. The molecule has 1 aromatic heterocycles. The molecule has 1 heterocycles. The quantitative estimate of drug-likeness (QED) is 0.774. The number of hydrogen-bond donors (Lipinski definition) is 1. The second kappa shape index (κ2) is 4.13. The van der Waals surface area contributed by atoms with Crippen LogP contribution in [0.2, 0.25) is 0 Å². The molecular formula is C9H14N2O3. The van der Waals surface area contributed by atoms with Gasteiger partial charge in [0.25, 0.3) is 0 Å². The van der Waals surface area contributed by atoms with Gasteiger partial charge in [-0.3, -0.25) is 13.9 Å². The van der Waals surface area contributed by atoms with Gasteiger partial charge in [0.1, 0.15) is 0 Å². The van der Waals surface area contributed by atoms with E-state index in [-0.39, 0.29) is 24.7 Å². The summed E-state index contributed by atoms with van der Waals surface area (Å²) in [5.41, 5.74) is -0.152. The molecule has 0 saturated heterocycles. The maximum Gasteiger partial charge on any atom is 0.328 e. The van der Waals surface area contributed by atoms with E-state index >= 15 is 0 Å². The standard InChI is InChI=1S/C9H14N2O3/c1-7(2)11-6-5-10(9(11)14)4-3-8(12)13/h5-7H,3-4H2,1-2H3,(H,12,13). The van der Waals surface area contributed by atoms with Gasteiger partial charge in [0.2, 0.25) is 0 Å². The van der Waals surface area contributed by atoms with Crippen LogP contribution in [0.3, 0.4) is 0 Å². The van der Waals surface area contributed by atoms with Gasteiger partial charge < -0.3 is 5.11 Å². The molecule has 14 heavy (non-hydrogen) atoms. The molecular weight excluding hydrogens is 184 g/mol. The van der Waals surface area contributed by atoms with Crippen molar-refractivity contribution in [2.24, 2.45) is 0 Å². The second-order valence-corrected chi connectivity index (χ2v) is 3.42. The second-order valence-electron chi connectivity index (χ2n) is 3.42. The highest BCUT2D eigenvalue weighted by Gasteiger charge is 2.06. The summed E-state index contributed by atoms with van der Waals surface area (Å²) in [5, 5.41) is 8.46. The fourth-order valence-corrected chi connectivity index (χ4v) is 1.21. The van der Waals surface area contributed by atoms with Crippen LogP contribution < -0.4 is 5.69 Å². The zero-order chi connectivity index (χ0) is 10.7. The first-order valence-electron chi connectivity index (χ1n) is 4.51. The van der Waals surface area contributed by atoms with Crippen molar-refractivity contribution >= 4 is 5.97 Å². The Morgan fingerprint density at radius 2 is 2.14 bits per heavy atom. The lowest BCUT2D eigenvalue weighted by Crippen LogP contribution is -2.25. The van der Waals surface area contributed by atoms with E-state index in [1.165, 1.54) is 4.57 Å². The highest BCUT2D eigenvalue weighted by atomic mass is 16.4. The first-order valence-corrected chi connectivity index (χ1v) is 4.51. The minimum Gasteiger partial charge on any atom is -0.481 e. The lowest BCUT2D eigenvalue weighted by Gasteiger charge is -2.03. The number of aryl methyl sites for hydroxylation is 1. The molecule has 5 nitrogen and oxygen atoms in total. The van der Waals surface area contributed by atoms with Crippen molar-refractivity contribution in [1.29, 1.82) is 0 Å². The van der Waals surface area contributed by atoms with Crippen LogP contribution in [0, 0.1) is 0 Å². The zero-order valence-corrected chi connectivity index (χ0v) is 8.30. The topological polar surface area (TPSA) is 64.2 Å². The fourth-order valence-electron chi connectivity index (χ4n) is 1.21. The van der Waals surface area contributed by atoms with E-state index in [1.807, 2.05) is 13.8 Å². The Balaban J connectivity index is 2.80. The Hall–Kier alpha value is -1.52. The minimum atomic E-state index is -0.894. The number of aromatic nitrogens is 2. The Morgan fingerprint density at radius 1 is 1.50 bits per heavy atom. The van der Waals surface area contributed by atoms with Gasteiger partial charge in [-0.15, -0.1) is 0 Å². The van der Waals surface area contributed by atoms with E-state index in [2.05, 4.69) is 0 Å². The van der Waals surface area contributed by atoms with Crippen molar-refractivity contribution in [3.63, 3.8) is 0 Å². The number of carboxylic acids is 1. The molecule has 1 rings (SSSR count). The van der Waals surface area contributed by atoms with Crippen molar-refractivity contribution in [3.05, 3.63) is 22.9 Å². The van der Waals surface area contributed by atoms with Crippen LogP contribution in [-0.4, -0.2) is 20.2 Å². The third-order valence-electron chi connectivity index (χ3n) is 2.00. The highest BCUT2D eigenvalue weighted by Crippen LogP contribution is 1.99. The van der Waals surface area contributed by atoms with Gasteiger partial charge in [-0.1, -0.05) is 0 Å². The molecule has 0 aliphatic carbocycles. The van der Waals surface area contributed by atoms with Crippen LogP contribution in [0.25, 0.3) is 0 Å². The molecule has 0 atom stereocenters. The molecule has 5 heteroatoms. The number of nitrogens with zero attached hydrogens (tertiary/aromatic N) is 2. The SMILES string of the molecule is CC(C)n1ccn(CCC(=O)O)c1=O. The molecule has 0 radical (unpaired) electrons. The third kappa shape index (κ3) is 2.25. The van der Waals surface area contributed by atoms with Crippen molar-refractivity contribution in [2.45, 2.75) is 32.9 Å². The third-order valence-corrected chi connectivity index (χ3v) is 2.00. The average Bonchev–Trinajstić information content (AvgIpc) is 2.43. The summed E-state index contributed by atoms with van der Waals surface area (Å²) >= 11 is 0. The van der Waals surface area contributed by atoms with Gasteiger partial charge in [0, 0.05) is 25.0 Å². The van der Waals surface area contributed by atoms with E-state index < -0.39 is 5.97 Å². The first-order chi connectivity index (χ1) is 6.52. The van der Waals surface area contributed by atoms with Crippen molar-refractivity contribution in [2.75, 3.05) is 0 Å². The van der Waals surface area contributed by atoms with E-state index in [0.29, 0.717) is 0 Å². The number of carbonyl (C=O) groups is 1. The molecule has 78 valence electrons. The first kappa shape index (κ1) is 10.6. The van der Waals surface area contributed by atoms with Crippen LogP contribution in [0.5, 0.6) is 0 Å². The molecule has 1 aromatic rings. The minimum absolute atomic E-state index is 0.0258. The van der Waals surface area contributed by atoms with Gasteiger partial charge in [-0.05, 0) is 13.8 Å². The fraction of sp³-hybridized carbons (Fsp3) is 0.556. The van der Waals surface area contributed by atoms with Gasteiger partial charge in [0.05, 0.1) is 6.42 Å². The van der Waals surface area contributed by atoms with Gasteiger partial charge in [0.15, 0.2) is 0 Å². The number of aliphatic carboxylic acids is 1. The number of carboxylic acid groups (broad SMARTS) is 1. The maximum atomic E-state index is 11.6. The monoisotopic (exact) mass is 198 g/mol. The lowest BCUT2D eigenvalue weighted by atomic mass is 10.4. The van der Waals surface area contributed by atoms with Crippen molar-refractivity contribution in [1.82, 2.24) is 9.13 Å². The summed E-state index contributed by atoms with van der Waals surface area (Å²) in [6.45, 7) is 4.04. The summed E-state index contributed by atoms with van der Waals surface area (Å²) in [7, 11) is 0. The highest BCUT2D eigenvalue weighted by molar-refractivity contribution is 5.66. The summed E-state index contributed by atoms with van der Waals surface area (Å²) in [6.07, 6.45) is 3.27. The molecule has 0 aromatic carbocycles. The summed E-state index contributed by atoms with van der Waals surface area (Å²) in [5.74, 6) is -0.894. The Morgan fingerprint density at radius 3 is 2.57 bits per heavy atom. The molecule has 0 saturated carbocycles. The average molecular weight is 198 g/mol. The number of rotatable bonds is 4. The van der Waals surface area contributed by atoms with Crippen LogP contribution in [0.15, 0.2) is 17.2 Å². The molecule has 0 bridgehead atoms. The lowest BCUT2D eigenvalue weighted by molar-refractivity contribution is -0.137. The van der Waals surface area contributed by atoms with Crippen LogP contribution in [0.1, 0.15) is 26.3 Å². The number of imidazole rings is 1. The number of hydrogen-bond acceptors (Lipinski definition) is 2. The smallest absolute Gasteiger partial charge is 0.328 e.